The van der Waals surface area contributed by atoms with E-state index in [0.717, 1.165) is 29.7 Å². The number of rotatable bonds is 1. The molecule has 1 unspecified atom stereocenters. The van der Waals surface area contributed by atoms with Crippen molar-refractivity contribution in [2.75, 3.05) is 6.61 Å². The Morgan fingerprint density at radius 1 is 1.71 bits per heavy atom. The molecule has 1 aliphatic heterocycles. The molecular weight excluding hydrogens is 264 g/mol. The molecule has 0 spiro atoms. The summed E-state index contributed by atoms with van der Waals surface area (Å²) in [5.41, 5.74) is -0.283. The number of H-pyrrole nitrogens is 1. The number of nitrogens with zero attached hydrogens (tertiary/aromatic N) is 1. The fourth-order valence-corrected chi connectivity index (χ4v) is 1.96. The van der Waals surface area contributed by atoms with Crippen LogP contribution in [0.3, 0.4) is 0 Å². The van der Waals surface area contributed by atoms with Gasteiger partial charge in [0, 0.05) is 12.8 Å². The zero-order valence-electron chi connectivity index (χ0n) is 7.84. The van der Waals surface area contributed by atoms with Gasteiger partial charge in [-0.3, -0.25) is 0 Å². The largest absolute Gasteiger partial charge is 0.367 e. The van der Waals surface area contributed by atoms with Crippen molar-refractivity contribution >= 4 is 28.1 Å². The van der Waals surface area contributed by atoms with Crippen LogP contribution in [0.15, 0.2) is 10.7 Å². The molecule has 0 aliphatic carbocycles. The third-order valence-electron chi connectivity index (χ3n) is 2.48. The minimum atomic E-state index is -0.283. The van der Waals surface area contributed by atoms with E-state index < -0.39 is 0 Å². The van der Waals surface area contributed by atoms with Gasteiger partial charge in [-0.15, -0.1) is 0 Å². The van der Waals surface area contributed by atoms with Crippen LogP contribution in [0.1, 0.15) is 25.6 Å². The van der Waals surface area contributed by atoms with E-state index in [1.807, 2.05) is 6.92 Å². The molecule has 0 saturated carbocycles. The first-order chi connectivity index (χ1) is 6.62. The van der Waals surface area contributed by atoms with Gasteiger partial charge in [0.05, 0.1) is 4.47 Å². The molecule has 1 N–H and O–H groups in total. The van der Waals surface area contributed by atoms with Crippen LogP contribution in [0.4, 0.5) is 0 Å². The second-order valence-electron chi connectivity index (χ2n) is 3.59. The molecule has 5 heteroatoms. The molecule has 1 aliphatic rings. The minimum absolute atomic E-state index is 0.283. The molecule has 1 saturated heterocycles. The molecule has 2 heterocycles. The normalized spacial score (nSPS) is 26.7. The van der Waals surface area contributed by atoms with Gasteiger partial charge in [-0.1, -0.05) is 12.2 Å². The number of nitrogens with one attached hydrogen (secondary N) is 1. The smallest absolute Gasteiger partial charge is 0.139 e. The van der Waals surface area contributed by atoms with Gasteiger partial charge in [-0.05, 0) is 35.7 Å². The number of ether oxygens (including phenoxy) is 1. The van der Waals surface area contributed by atoms with Crippen molar-refractivity contribution in [1.82, 2.24) is 9.97 Å². The Hall–Kier alpha value is -0.260. The average Bonchev–Trinajstić information content (AvgIpc) is 2.58. The fourth-order valence-electron chi connectivity index (χ4n) is 1.61. The van der Waals surface area contributed by atoms with E-state index in [0.29, 0.717) is 4.64 Å². The number of aromatic amines is 1. The second-order valence-corrected chi connectivity index (χ2v) is 4.85. The van der Waals surface area contributed by atoms with Gasteiger partial charge in [0.15, 0.2) is 0 Å². The zero-order valence-corrected chi connectivity index (χ0v) is 10.2. The highest BCUT2D eigenvalue weighted by atomic mass is 79.9. The van der Waals surface area contributed by atoms with Crippen molar-refractivity contribution in [3.8, 4) is 0 Å². The summed E-state index contributed by atoms with van der Waals surface area (Å²) in [5, 5.41) is 0. The van der Waals surface area contributed by atoms with Crippen molar-refractivity contribution < 1.29 is 4.74 Å². The quantitative estimate of drug-likeness (QED) is 0.801. The fraction of sp³-hybridized carbons (Fsp3) is 0.556. The van der Waals surface area contributed by atoms with E-state index in [4.69, 9.17) is 17.0 Å². The van der Waals surface area contributed by atoms with Crippen molar-refractivity contribution in [2.45, 2.75) is 25.4 Å². The Balaban J connectivity index is 2.41. The summed E-state index contributed by atoms with van der Waals surface area (Å²) >= 11 is 8.44. The first-order valence-corrected chi connectivity index (χ1v) is 5.71. The molecule has 14 heavy (non-hydrogen) atoms. The van der Waals surface area contributed by atoms with E-state index in [1.54, 1.807) is 6.20 Å². The van der Waals surface area contributed by atoms with Gasteiger partial charge in [-0.2, -0.15) is 0 Å². The maximum absolute atomic E-state index is 5.67. The summed E-state index contributed by atoms with van der Waals surface area (Å²) in [6.45, 7) is 2.84. The maximum atomic E-state index is 5.67. The van der Waals surface area contributed by atoms with Crippen LogP contribution in [0, 0.1) is 4.64 Å². The van der Waals surface area contributed by atoms with Gasteiger partial charge in [0.1, 0.15) is 16.1 Å². The van der Waals surface area contributed by atoms with Crippen molar-refractivity contribution in [3.63, 3.8) is 0 Å². The van der Waals surface area contributed by atoms with E-state index in [9.17, 15) is 0 Å². The molecule has 0 aromatic carbocycles. The van der Waals surface area contributed by atoms with Crippen LogP contribution < -0.4 is 0 Å². The first-order valence-electron chi connectivity index (χ1n) is 4.51. The molecule has 1 aromatic heterocycles. The van der Waals surface area contributed by atoms with Crippen LogP contribution in [0.2, 0.25) is 0 Å². The van der Waals surface area contributed by atoms with Crippen LogP contribution in [-0.4, -0.2) is 16.6 Å². The molecule has 76 valence electrons. The van der Waals surface area contributed by atoms with Crippen molar-refractivity contribution in [1.29, 1.82) is 0 Å². The number of hydrogen-bond acceptors (Lipinski definition) is 3. The summed E-state index contributed by atoms with van der Waals surface area (Å²) in [6.07, 6.45) is 3.79. The van der Waals surface area contributed by atoms with Crippen LogP contribution in [-0.2, 0) is 10.3 Å². The van der Waals surface area contributed by atoms with Gasteiger partial charge >= 0.3 is 0 Å². The Bertz CT molecular complexity index is 398. The lowest BCUT2D eigenvalue weighted by Gasteiger charge is -2.21. The highest BCUT2D eigenvalue weighted by molar-refractivity contribution is 9.10. The van der Waals surface area contributed by atoms with E-state index in [-0.39, 0.29) is 5.60 Å². The molecule has 0 bridgehead atoms. The SMILES string of the molecule is CC1(c2ncc(Br)c(=S)[nH]2)CCCO1. The van der Waals surface area contributed by atoms with Crippen molar-refractivity contribution in [3.05, 3.63) is 21.1 Å². The molecule has 0 radical (unpaired) electrons. The lowest BCUT2D eigenvalue weighted by Crippen LogP contribution is -2.23. The first kappa shape index (κ1) is 10.3. The molecule has 0 amide bonds. The van der Waals surface area contributed by atoms with Gasteiger partial charge in [0.25, 0.3) is 0 Å². The second kappa shape index (κ2) is 3.72. The summed E-state index contributed by atoms with van der Waals surface area (Å²) in [7, 11) is 0. The monoisotopic (exact) mass is 274 g/mol. The molecular formula is C9H11BrN2OS. The summed E-state index contributed by atoms with van der Waals surface area (Å²) < 4.78 is 7.16. The van der Waals surface area contributed by atoms with Crippen molar-refractivity contribution in [2.24, 2.45) is 0 Å². The lowest BCUT2D eigenvalue weighted by atomic mass is 10.0. The topological polar surface area (TPSA) is 37.9 Å². The number of halogens is 1. The summed E-state index contributed by atoms with van der Waals surface area (Å²) in [6, 6.07) is 0. The van der Waals surface area contributed by atoms with Crippen LogP contribution in [0.25, 0.3) is 0 Å². The molecule has 1 atom stereocenters. The predicted molar refractivity (Wildman–Crippen MR) is 59.7 cm³/mol. The van der Waals surface area contributed by atoms with Gasteiger partial charge in [0.2, 0.25) is 0 Å². The molecule has 3 nitrogen and oxygen atoms in total. The molecule has 1 fully saturated rings. The third-order valence-corrected chi connectivity index (χ3v) is 3.66. The molecule has 2 rings (SSSR count). The predicted octanol–water partition coefficient (Wildman–Crippen LogP) is 2.93. The standard InChI is InChI=1S/C9H11BrN2OS/c1-9(3-2-4-13-9)8-11-5-6(10)7(14)12-8/h5H,2-4H2,1H3,(H,11,12,14). The Morgan fingerprint density at radius 3 is 3.07 bits per heavy atom. The van der Waals surface area contributed by atoms with Gasteiger partial charge in [-0.25, -0.2) is 4.98 Å². The van der Waals surface area contributed by atoms with E-state index in [2.05, 4.69) is 25.9 Å². The summed E-state index contributed by atoms with van der Waals surface area (Å²) in [5.74, 6) is 0.822. The van der Waals surface area contributed by atoms with Gasteiger partial charge < -0.3 is 9.72 Å². The minimum Gasteiger partial charge on any atom is -0.367 e. The third kappa shape index (κ3) is 1.76. The lowest BCUT2D eigenvalue weighted by molar-refractivity contribution is 0.00920. The van der Waals surface area contributed by atoms with Crippen LogP contribution in [0.5, 0.6) is 0 Å². The van der Waals surface area contributed by atoms with E-state index in [1.165, 1.54) is 0 Å². The Kier molecular flexibility index (Phi) is 2.72. The number of hydrogen-bond donors (Lipinski definition) is 1. The highest BCUT2D eigenvalue weighted by Gasteiger charge is 2.33. The highest BCUT2D eigenvalue weighted by Crippen LogP contribution is 2.33. The average molecular weight is 275 g/mol. The van der Waals surface area contributed by atoms with Crippen LogP contribution >= 0.6 is 28.1 Å². The number of aromatic nitrogens is 2. The Labute approximate surface area is 96.0 Å². The Morgan fingerprint density at radius 2 is 2.50 bits per heavy atom. The maximum Gasteiger partial charge on any atom is 0.139 e. The summed E-state index contributed by atoms with van der Waals surface area (Å²) in [4.78, 5) is 7.39. The molecule has 1 aromatic rings. The zero-order chi connectivity index (χ0) is 10.2. The van der Waals surface area contributed by atoms with E-state index >= 15 is 0 Å².